The van der Waals surface area contributed by atoms with Crippen molar-refractivity contribution in [2.75, 3.05) is 37.7 Å². The monoisotopic (exact) mass is 1750 g/mol. The number of hydrogen-bond acceptors (Lipinski definition) is 25. The summed E-state index contributed by atoms with van der Waals surface area (Å²) >= 11 is 0. The van der Waals surface area contributed by atoms with Gasteiger partial charge in [-0.15, -0.1) is 0 Å². The van der Waals surface area contributed by atoms with Crippen molar-refractivity contribution in [1.29, 1.82) is 0 Å². The van der Waals surface area contributed by atoms with Crippen LogP contribution in [-0.4, -0.2) is 254 Å². The number of Topliss-reactive ketones (excluding diaryl/α,β-unsaturated/α-hetero) is 1. The zero-order valence-electron chi connectivity index (χ0n) is 69.2. The minimum Gasteiger partial charge on any atom is -0.481 e. The van der Waals surface area contributed by atoms with Gasteiger partial charge in [0.15, 0.2) is 5.78 Å². The van der Waals surface area contributed by atoms with Crippen molar-refractivity contribution in [3.63, 3.8) is 0 Å². The summed E-state index contributed by atoms with van der Waals surface area (Å²) in [4.78, 5) is 293. The van der Waals surface area contributed by atoms with Crippen LogP contribution >= 0.6 is 0 Å². The van der Waals surface area contributed by atoms with Crippen LogP contribution in [0.25, 0.3) is 10.9 Å². The molecule has 680 valence electrons. The largest absolute Gasteiger partial charge is 0.481 e. The molecule has 0 spiro atoms. The maximum atomic E-state index is 15.0. The molecule has 2 heterocycles. The SMILES string of the molecule is CCCCCCCCCC(=O)N[C@@H](Cc1c[nH]c2ccccc12)C(=O)N[C@@H](CC(N)=O)C(=O)N[C@@H](CC(=O)O)C(=O)NC1C(=O)NCC(=O)N[C@@H](CCCNC(=O)c2cc(C)ccc2N)C(=O)NC(CC(=O)O)C(=O)N[C@H](C)C(=O)N[C@@H](CC(=O)O)C(=O)NCC(=O)N[C@H](CO)C(=O)NC([C@H](C)CC(=O)O)C(=O)N[C@@H](CC(=O)c2ccccc2N)C(=O)OC1C. The maximum absolute atomic E-state index is 15.0. The number of aryl methyl sites for hydroxylation is 1. The molecule has 1 aromatic heterocycles. The smallest absolute Gasteiger partial charge is 0.329 e. The van der Waals surface area contributed by atoms with E-state index < -0.39 is 267 Å². The van der Waals surface area contributed by atoms with Crippen molar-refractivity contribution >= 4 is 147 Å². The Morgan fingerprint density at radius 1 is 0.536 bits per heavy atom. The summed E-state index contributed by atoms with van der Waals surface area (Å²) in [5, 5.41) is 81.8. The number of para-hydroxylation sites is 2. The number of carbonyl (C=O) groups excluding carboxylic acids is 17. The zero-order chi connectivity index (χ0) is 92.9. The first kappa shape index (κ1) is 101. The van der Waals surface area contributed by atoms with Gasteiger partial charge in [0, 0.05) is 59.8 Å². The third-order valence-electron chi connectivity index (χ3n) is 19.6. The number of aromatic nitrogens is 1. The minimum atomic E-state index is -2.50. The highest BCUT2D eigenvalue weighted by molar-refractivity contribution is 6.06. The van der Waals surface area contributed by atoms with E-state index in [1.165, 1.54) is 36.4 Å². The van der Waals surface area contributed by atoms with Crippen LogP contribution in [0.5, 0.6) is 0 Å². The number of benzene rings is 3. The molecule has 13 atom stereocenters. The van der Waals surface area contributed by atoms with Crippen LogP contribution in [0.1, 0.15) is 162 Å². The number of nitrogens with one attached hydrogen (secondary N) is 15. The highest BCUT2D eigenvalue weighted by Gasteiger charge is 2.41. The van der Waals surface area contributed by atoms with E-state index in [0.717, 1.165) is 52.9 Å². The topological polar surface area (TPSA) is 731 Å². The Morgan fingerprint density at radius 3 is 1.71 bits per heavy atom. The zero-order valence-corrected chi connectivity index (χ0v) is 69.2. The number of aliphatic hydroxyl groups is 1. The van der Waals surface area contributed by atoms with E-state index in [0.29, 0.717) is 34.9 Å². The number of amides is 15. The van der Waals surface area contributed by atoms with Crippen LogP contribution in [0.2, 0.25) is 0 Å². The number of nitrogens with two attached hydrogens (primary N) is 3. The Bertz CT molecular complexity index is 4630. The summed E-state index contributed by atoms with van der Waals surface area (Å²) in [5.41, 5.74) is 19.1. The number of H-pyrrole nitrogens is 1. The molecule has 3 aromatic carbocycles. The molecule has 1 fully saturated rings. The number of aromatic amines is 1. The third kappa shape index (κ3) is 34.0. The van der Waals surface area contributed by atoms with E-state index in [1.807, 2.05) is 16.0 Å². The Morgan fingerprint density at radius 2 is 1.09 bits per heavy atom. The van der Waals surface area contributed by atoms with Gasteiger partial charge in [0.25, 0.3) is 5.91 Å². The third-order valence-corrected chi connectivity index (χ3v) is 19.6. The molecule has 4 aromatic rings. The number of esters is 1. The molecule has 125 heavy (non-hydrogen) atoms. The number of anilines is 2. The van der Waals surface area contributed by atoms with Gasteiger partial charge < -0.3 is 127 Å². The number of fused-ring (bicyclic) bond motifs is 1. The number of nitrogen functional groups attached to an aromatic ring is 2. The van der Waals surface area contributed by atoms with Crippen LogP contribution in [-0.2, 0) is 102 Å². The first-order valence-electron chi connectivity index (χ1n) is 40.0. The number of hydrogen-bond donors (Lipinski definition) is 23. The second-order valence-electron chi connectivity index (χ2n) is 29.8. The Labute approximate surface area is 715 Å². The van der Waals surface area contributed by atoms with Gasteiger partial charge in [0.1, 0.15) is 72.6 Å². The van der Waals surface area contributed by atoms with Gasteiger partial charge >= 0.3 is 29.8 Å². The van der Waals surface area contributed by atoms with Gasteiger partial charge in [-0.2, -0.15) is 0 Å². The van der Waals surface area contributed by atoms with Gasteiger partial charge in [-0.25, -0.2) is 4.79 Å². The van der Waals surface area contributed by atoms with E-state index in [9.17, 15) is 126 Å². The molecule has 45 nitrogen and oxygen atoms in total. The van der Waals surface area contributed by atoms with E-state index in [4.69, 9.17) is 21.9 Å². The number of aliphatic hydroxyl groups excluding tert-OH is 1. The predicted octanol–water partition coefficient (Wildman–Crippen LogP) is -4.26. The second kappa shape index (κ2) is 50.3. The number of aliphatic carboxylic acids is 4. The minimum absolute atomic E-state index is 0.0294. The van der Waals surface area contributed by atoms with Crippen molar-refractivity contribution in [3.05, 3.63) is 95.2 Å². The molecule has 1 aliphatic rings. The Balaban J connectivity index is 1.64. The van der Waals surface area contributed by atoms with Gasteiger partial charge in [-0.3, -0.25) is 95.9 Å². The number of carboxylic acid groups (broad SMARTS) is 4. The average molecular weight is 1750 g/mol. The molecule has 0 aliphatic carbocycles. The van der Waals surface area contributed by atoms with Crippen molar-refractivity contribution < 1.29 is 131 Å². The fourth-order valence-electron chi connectivity index (χ4n) is 12.9. The lowest BCUT2D eigenvalue weighted by molar-refractivity contribution is -0.156. The van der Waals surface area contributed by atoms with E-state index >= 15 is 0 Å². The highest BCUT2D eigenvalue weighted by Crippen LogP contribution is 2.22. The lowest BCUT2D eigenvalue weighted by atomic mass is 9.96. The van der Waals surface area contributed by atoms with Gasteiger partial charge in [-0.1, -0.05) is 94.3 Å². The van der Waals surface area contributed by atoms with E-state index in [1.54, 1.807) is 43.5 Å². The Hall–Kier alpha value is -14.2. The quantitative estimate of drug-likeness (QED) is 0.00880. The summed E-state index contributed by atoms with van der Waals surface area (Å²) < 4.78 is 5.72. The number of carboxylic acids is 4. The number of primary amides is 1. The number of rotatable bonds is 37. The molecule has 0 bridgehead atoms. The molecule has 45 heteroatoms. The highest BCUT2D eigenvalue weighted by atomic mass is 16.5. The van der Waals surface area contributed by atoms with Gasteiger partial charge in [0.2, 0.25) is 82.7 Å². The summed E-state index contributed by atoms with van der Waals surface area (Å²) in [5.74, 6) is -31.0. The van der Waals surface area contributed by atoms with Gasteiger partial charge in [0.05, 0.1) is 57.4 Å². The number of ketones is 1. The molecular weight excluding hydrogens is 1640 g/mol. The van der Waals surface area contributed by atoms with Crippen LogP contribution in [0.4, 0.5) is 11.4 Å². The van der Waals surface area contributed by atoms with Crippen LogP contribution in [0.3, 0.4) is 0 Å². The summed E-state index contributed by atoms with van der Waals surface area (Å²) in [6.07, 6.45) is -2.97. The molecule has 4 unspecified atom stereocenters. The summed E-state index contributed by atoms with van der Waals surface area (Å²) in [6, 6.07) is -6.58. The second-order valence-corrected chi connectivity index (χ2v) is 29.8. The van der Waals surface area contributed by atoms with Gasteiger partial charge in [-0.05, 0) is 81.8 Å². The maximum Gasteiger partial charge on any atom is 0.329 e. The normalized spacial score (nSPS) is 20.4. The summed E-state index contributed by atoms with van der Waals surface area (Å²) in [7, 11) is 0. The van der Waals surface area contributed by atoms with E-state index in [-0.39, 0.29) is 48.3 Å². The molecule has 0 radical (unpaired) electrons. The number of cyclic esters (lactones) is 1. The molecule has 15 amide bonds. The van der Waals surface area contributed by atoms with E-state index in [2.05, 4.69) is 70.4 Å². The standard InChI is InChI=1S/C80H108N18O27/c1-6-7-8-9-10-11-12-23-60(102)90-51(29-43-35-85-49-21-16-14-18-44(43)49)74(118)93-52(31-59(83)101)75(119)95-55(34-66(111)112)76(120)98-68-42(5)125-80(124)56(30-58(100)45-19-13-15-20-47(45)81)96-79(123)67(40(3)28-63(105)106)97-77(121)57(38-99)91-62(104)36-86-71(115)53(32-64(107)108)92-69(113)41(4)88-73(117)54(33-65(109)110)94-72(116)50(89-61(103)37-87-78(68)122)22-17-26-84-70(114)46-27-39(2)24-25-48(46)82/h13-16,18-21,24-25,27,35,40-42,50-57,67-68,85,99H,6-12,17,22-23,26,28-34,36-38,81-82H2,1-5H3,(H2,83,101)(H,84,114)(H,86,115)(H,87,122)(H,88,117)(H,89,103)(H,90,102)(H,91,104)(H,92,113)(H,93,118)(H,94,116)(H,95,119)(H,96,123)(H,97,121)(H,98,120)(H,105,106)(H,107,108)(H,109,110)(H,111,112)/t40-,41-,42?,50+,51+,52+,53+,54?,55+,56+,57-,67?,68?/m1/s1. The number of carbonyl (C=O) groups is 21. The first-order chi connectivity index (χ1) is 59.1. The molecular formula is C80H108N18O27. The van der Waals surface area contributed by atoms with Crippen LogP contribution < -0.4 is 91.6 Å². The summed E-state index contributed by atoms with van der Waals surface area (Å²) in [6.45, 7) is 2.50. The predicted molar refractivity (Wildman–Crippen MR) is 439 cm³/mol. The number of ether oxygens (including phenoxy) is 1. The van der Waals surface area contributed by atoms with Crippen LogP contribution in [0.15, 0.2) is 72.9 Å². The van der Waals surface area contributed by atoms with Crippen LogP contribution in [0, 0.1) is 12.8 Å². The fourth-order valence-corrected chi connectivity index (χ4v) is 12.9. The average Bonchev–Trinajstić information content (AvgIpc) is 1.76. The van der Waals surface area contributed by atoms with Crippen molar-refractivity contribution in [1.82, 2.24) is 79.4 Å². The molecule has 1 saturated heterocycles. The Kier molecular flexibility index (Phi) is 40.8. The van der Waals surface area contributed by atoms with Crippen molar-refractivity contribution in [2.45, 2.75) is 216 Å². The fraction of sp³-hybridized carbons (Fsp3) is 0.487. The lowest BCUT2D eigenvalue weighted by Crippen LogP contribution is -2.62. The molecule has 5 rings (SSSR count). The first-order valence-corrected chi connectivity index (χ1v) is 40.0. The molecule has 1 aliphatic heterocycles. The van der Waals surface area contributed by atoms with Crippen molar-refractivity contribution in [3.8, 4) is 0 Å². The van der Waals surface area contributed by atoms with Crippen molar-refractivity contribution in [2.24, 2.45) is 11.7 Å². The number of unbranched alkanes of at least 4 members (excludes halogenated alkanes) is 6. The molecule has 26 N–H and O–H groups in total. The molecule has 0 saturated carbocycles. The lowest BCUT2D eigenvalue weighted by Gasteiger charge is -2.30.